The molecule has 0 spiro atoms. The topological polar surface area (TPSA) is 69.7 Å². The summed E-state index contributed by atoms with van der Waals surface area (Å²) in [6, 6.07) is 13.7. The van der Waals surface area contributed by atoms with Crippen LogP contribution in [0.15, 0.2) is 53.4 Å². The van der Waals surface area contributed by atoms with Gasteiger partial charge in [0.25, 0.3) is 15.9 Å². The van der Waals surface area contributed by atoms with Crippen LogP contribution in [-0.4, -0.2) is 51.9 Å². The van der Waals surface area contributed by atoms with E-state index in [1.165, 1.54) is 24.2 Å². The van der Waals surface area contributed by atoms with Crippen molar-refractivity contribution in [2.24, 2.45) is 0 Å². The minimum Gasteiger partial charge on any atom is -0.349 e. The predicted molar refractivity (Wildman–Crippen MR) is 125 cm³/mol. The van der Waals surface area contributed by atoms with Crippen LogP contribution in [0, 0.1) is 6.92 Å². The quantitative estimate of drug-likeness (QED) is 0.674. The monoisotopic (exact) mass is 443 g/mol. The van der Waals surface area contributed by atoms with Gasteiger partial charge in [-0.1, -0.05) is 31.0 Å². The van der Waals surface area contributed by atoms with E-state index in [0.29, 0.717) is 11.3 Å². The zero-order valence-electron chi connectivity index (χ0n) is 18.7. The van der Waals surface area contributed by atoms with Gasteiger partial charge in [-0.2, -0.15) is 0 Å². The second-order valence-corrected chi connectivity index (χ2v) is 10.2. The second-order valence-electron chi connectivity index (χ2n) is 8.28. The molecule has 1 fully saturated rings. The van der Waals surface area contributed by atoms with Gasteiger partial charge in [0.15, 0.2) is 0 Å². The summed E-state index contributed by atoms with van der Waals surface area (Å²) in [4.78, 5) is 15.3. The average molecular weight is 444 g/mol. The first kappa shape index (κ1) is 23.3. The van der Waals surface area contributed by atoms with E-state index < -0.39 is 10.0 Å². The Balaban J connectivity index is 1.59. The van der Waals surface area contributed by atoms with Gasteiger partial charge in [0, 0.05) is 31.7 Å². The van der Waals surface area contributed by atoms with E-state index in [1.807, 2.05) is 6.92 Å². The van der Waals surface area contributed by atoms with Gasteiger partial charge in [0.2, 0.25) is 0 Å². The molecule has 0 atom stereocenters. The van der Waals surface area contributed by atoms with Gasteiger partial charge in [-0.05, 0) is 69.1 Å². The molecule has 1 heterocycles. The molecule has 7 heteroatoms. The first-order chi connectivity index (χ1) is 14.8. The van der Waals surface area contributed by atoms with Crippen LogP contribution in [-0.2, 0) is 10.0 Å². The Hall–Kier alpha value is -2.38. The van der Waals surface area contributed by atoms with Crippen molar-refractivity contribution in [1.82, 2.24) is 10.2 Å². The van der Waals surface area contributed by atoms with Crippen molar-refractivity contribution in [1.29, 1.82) is 0 Å². The van der Waals surface area contributed by atoms with Crippen LogP contribution in [0.25, 0.3) is 0 Å². The third-order valence-electron chi connectivity index (χ3n) is 5.92. The predicted octanol–water partition coefficient (Wildman–Crippen LogP) is 3.81. The molecule has 1 saturated heterocycles. The van der Waals surface area contributed by atoms with Gasteiger partial charge in [-0.3, -0.25) is 9.10 Å². The number of likely N-dealkylation sites (tertiary alicyclic amines) is 1. The van der Waals surface area contributed by atoms with E-state index in [1.54, 1.807) is 48.5 Å². The number of benzene rings is 2. The summed E-state index contributed by atoms with van der Waals surface area (Å²) in [5.41, 5.74) is 2.06. The Morgan fingerprint density at radius 1 is 1.06 bits per heavy atom. The van der Waals surface area contributed by atoms with Crippen LogP contribution < -0.4 is 9.62 Å². The molecule has 6 nitrogen and oxygen atoms in total. The number of nitrogens with one attached hydrogen (secondary N) is 1. The van der Waals surface area contributed by atoms with E-state index >= 15 is 0 Å². The minimum atomic E-state index is -3.65. The minimum absolute atomic E-state index is 0.109. The number of anilines is 1. The van der Waals surface area contributed by atoms with Gasteiger partial charge in [-0.15, -0.1) is 0 Å². The highest BCUT2D eigenvalue weighted by molar-refractivity contribution is 7.92. The molecular formula is C24H33N3O3S. The summed E-state index contributed by atoms with van der Waals surface area (Å²) >= 11 is 0. The fourth-order valence-electron chi connectivity index (χ4n) is 3.78. The van der Waals surface area contributed by atoms with E-state index in [4.69, 9.17) is 0 Å². The molecule has 1 N–H and O–H groups in total. The van der Waals surface area contributed by atoms with Crippen LogP contribution in [0.2, 0.25) is 0 Å². The smallest absolute Gasteiger partial charge is 0.264 e. The first-order valence-corrected chi connectivity index (χ1v) is 12.4. The summed E-state index contributed by atoms with van der Waals surface area (Å²) in [6.07, 6.45) is 4.35. The molecular weight excluding hydrogens is 410 g/mol. The van der Waals surface area contributed by atoms with Gasteiger partial charge in [-0.25, -0.2) is 8.42 Å². The number of rotatable bonds is 8. The number of carbonyl (C=O) groups is 1. The molecule has 0 aromatic heterocycles. The number of unbranched alkanes of at least 4 members (excludes halogenated alkanes) is 1. The lowest BCUT2D eigenvalue weighted by molar-refractivity contribution is 0.0911. The van der Waals surface area contributed by atoms with E-state index in [2.05, 4.69) is 17.1 Å². The molecule has 1 aliphatic rings. The molecule has 0 radical (unpaired) electrons. The summed E-state index contributed by atoms with van der Waals surface area (Å²) in [7, 11) is -2.12. The maximum Gasteiger partial charge on any atom is 0.264 e. The number of aryl methyl sites for hydroxylation is 1. The van der Waals surface area contributed by atoms with Crippen LogP contribution in [0.4, 0.5) is 5.69 Å². The van der Waals surface area contributed by atoms with Crippen molar-refractivity contribution in [3.8, 4) is 0 Å². The van der Waals surface area contributed by atoms with Gasteiger partial charge < -0.3 is 10.2 Å². The molecule has 1 amide bonds. The van der Waals surface area contributed by atoms with Crippen molar-refractivity contribution in [2.75, 3.05) is 31.0 Å². The lowest BCUT2D eigenvalue weighted by atomic mass is 10.0. The Morgan fingerprint density at radius 3 is 2.26 bits per heavy atom. The van der Waals surface area contributed by atoms with E-state index in [9.17, 15) is 13.2 Å². The van der Waals surface area contributed by atoms with Gasteiger partial charge in [0.05, 0.1) is 10.6 Å². The fraction of sp³-hybridized carbons (Fsp3) is 0.458. The first-order valence-electron chi connectivity index (χ1n) is 11.0. The van der Waals surface area contributed by atoms with E-state index in [-0.39, 0.29) is 16.8 Å². The normalized spacial score (nSPS) is 15.6. The molecule has 0 unspecified atom stereocenters. The molecule has 2 aromatic rings. The van der Waals surface area contributed by atoms with Crippen LogP contribution in [0.1, 0.15) is 48.5 Å². The summed E-state index contributed by atoms with van der Waals surface area (Å²) in [6.45, 7) is 7.29. The maximum absolute atomic E-state index is 12.9. The molecule has 0 bridgehead atoms. The third-order valence-corrected chi connectivity index (χ3v) is 7.72. The molecule has 31 heavy (non-hydrogen) atoms. The number of nitrogens with zero attached hydrogens (tertiary/aromatic N) is 2. The van der Waals surface area contributed by atoms with Crippen molar-refractivity contribution in [3.05, 3.63) is 59.7 Å². The number of carbonyl (C=O) groups excluding carboxylic acids is 1. The standard InChI is InChI=1S/C24H33N3O3S/c1-4-5-16-27-17-14-21(15-18-27)25-24(28)20-8-10-22(11-9-20)26(3)31(29,30)23-12-6-19(2)7-13-23/h6-13,21H,4-5,14-18H2,1-3H3,(H,25,28). The Labute approximate surface area is 186 Å². The SMILES string of the molecule is CCCCN1CCC(NC(=O)c2ccc(N(C)S(=O)(=O)c3ccc(C)cc3)cc2)CC1. The molecule has 0 aliphatic carbocycles. The largest absolute Gasteiger partial charge is 0.349 e. The second kappa shape index (κ2) is 10.3. The Kier molecular flexibility index (Phi) is 7.73. The van der Waals surface area contributed by atoms with Crippen molar-refractivity contribution in [3.63, 3.8) is 0 Å². The highest BCUT2D eigenvalue weighted by Crippen LogP contribution is 2.23. The highest BCUT2D eigenvalue weighted by atomic mass is 32.2. The van der Waals surface area contributed by atoms with Crippen LogP contribution >= 0.6 is 0 Å². The summed E-state index contributed by atoms with van der Waals surface area (Å²) in [5, 5.41) is 3.12. The van der Waals surface area contributed by atoms with Crippen LogP contribution in [0.3, 0.4) is 0 Å². The average Bonchev–Trinajstić information content (AvgIpc) is 2.78. The van der Waals surface area contributed by atoms with Crippen molar-refractivity contribution < 1.29 is 13.2 Å². The third kappa shape index (κ3) is 5.86. The van der Waals surface area contributed by atoms with Gasteiger partial charge in [0.1, 0.15) is 0 Å². The fourth-order valence-corrected chi connectivity index (χ4v) is 4.98. The number of sulfonamides is 1. The molecule has 168 valence electrons. The molecule has 1 aliphatic heterocycles. The summed E-state index contributed by atoms with van der Waals surface area (Å²) in [5.74, 6) is -0.109. The number of amides is 1. The van der Waals surface area contributed by atoms with Crippen molar-refractivity contribution in [2.45, 2.75) is 50.5 Å². The van der Waals surface area contributed by atoms with Gasteiger partial charge >= 0.3 is 0 Å². The summed E-state index contributed by atoms with van der Waals surface area (Å²) < 4.78 is 27.0. The zero-order valence-corrected chi connectivity index (χ0v) is 19.5. The number of piperidine rings is 1. The lowest BCUT2D eigenvalue weighted by Gasteiger charge is -2.32. The Morgan fingerprint density at radius 2 is 1.68 bits per heavy atom. The maximum atomic E-state index is 12.9. The molecule has 3 rings (SSSR count). The molecule has 2 aromatic carbocycles. The lowest BCUT2D eigenvalue weighted by Crippen LogP contribution is -2.44. The number of hydrogen-bond acceptors (Lipinski definition) is 4. The molecule has 0 saturated carbocycles. The Bertz CT molecular complexity index is 964. The van der Waals surface area contributed by atoms with Crippen molar-refractivity contribution >= 4 is 21.6 Å². The van der Waals surface area contributed by atoms with E-state index in [0.717, 1.165) is 38.0 Å². The zero-order chi connectivity index (χ0) is 22.4. The van der Waals surface area contributed by atoms with Crippen LogP contribution in [0.5, 0.6) is 0 Å². The highest BCUT2D eigenvalue weighted by Gasteiger charge is 2.23. The number of hydrogen-bond donors (Lipinski definition) is 1.